The van der Waals surface area contributed by atoms with Crippen LogP contribution in [0.15, 0.2) is 22.8 Å². The zero-order valence-electron chi connectivity index (χ0n) is 9.09. The monoisotopic (exact) mass is 224 g/mol. The van der Waals surface area contributed by atoms with Crippen molar-refractivity contribution in [2.24, 2.45) is 5.92 Å². The van der Waals surface area contributed by atoms with Gasteiger partial charge in [-0.2, -0.15) is 0 Å². The fourth-order valence-corrected chi connectivity index (χ4v) is 2.31. The molecule has 1 aliphatic heterocycles. The van der Waals surface area contributed by atoms with Crippen molar-refractivity contribution in [3.05, 3.63) is 24.2 Å². The molecule has 2 heterocycles. The van der Waals surface area contributed by atoms with Crippen molar-refractivity contribution in [2.45, 2.75) is 25.2 Å². The van der Waals surface area contributed by atoms with Gasteiger partial charge in [0.2, 0.25) is 0 Å². The van der Waals surface area contributed by atoms with Gasteiger partial charge >= 0.3 is 5.97 Å². The molecule has 1 aromatic heterocycles. The Bertz CT molecular complexity index is 325. The molecule has 16 heavy (non-hydrogen) atoms. The van der Waals surface area contributed by atoms with Gasteiger partial charge in [-0.3, -0.25) is 4.79 Å². The van der Waals surface area contributed by atoms with Crippen molar-refractivity contribution in [3.8, 4) is 0 Å². The molecule has 2 rings (SSSR count). The second-order valence-electron chi connectivity index (χ2n) is 4.17. The van der Waals surface area contributed by atoms with Crippen LogP contribution in [0.2, 0.25) is 0 Å². The first-order valence-corrected chi connectivity index (χ1v) is 5.60. The van der Waals surface area contributed by atoms with Crippen molar-refractivity contribution in [2.75, 3.05) is 13.2 Å². The Balaban J connectivity index is 2.10. The molecular formula is C12H16O4. The standard InChI is InChI=1S/C12H16O4/c13-12(14)8-10(11-2-1-5-16-11)9-3-6-15-7-4-9/h1-2,5,9-10H,3-4,6-8H2,(H,13,14). The molecule has 88 valence electrons. The summed E-state index contributed by atoms with van der Waals surface area (Å²) in [5.41, 5.74) is 0. The van der Waals surface area contributed by atoms with Crippen LogP contribution in [0.25, 0.3) is 0 Å². The van der Waals surface area contributed by atoms with E-state index in [0.717, 1.165) is 31.8 Å². The molecule has 1 aliphatic rings. The minimum absolute atomic E-state index is 0.0172. The summed E-state index contributed by atoms with van der Waals surface area (Å²) in [6, 6.07) is 3.67. The van der Waals surface area contributed by atoms with Crippen LogP contribution in [-0.4, -0.2) is 24.3 Å². The maximum Gasteiger partial charge on any atom is 0.304 e. The van der Waals surface area contributed by atoms with Gasteiger partial charge in [0.15, 0.2) is 0 Å². The van der Waals surface area contributed by atoms with E-state index in [9.17, 15) is 4.79 Å². The third-order valence-electron chi connectivity index (χ3n) is 3.14. The van der Waals surface area contributed by atoms with E-state index >= 15 is 0 Å². The first-order valence-electron chi connectivity index (χ1n) is 5.60. The number of carbonyl (C=O) groups is 1. The number of aliphatic carboxylic acids is 1. The summed E-state index contributed by atoms with van der Waals surface area (Å²) < 4.78 is 10.6. The van der Waals surface area contributed by atoms with Gasteiger partial charge in [-0.25, -0.2) is 0 Å². The quantitative estimate of drug-likeness (QED) is 0.852. The molecule has 0 spiro atoms. The van der Waals surface area contributed by atoms with E-state index in [1.807, 2.05) is 12.1 Å². The number of hydrogen-bond acceptors (Lipinski definition) is 3. The van der Waals surface area contributed by atoms with Crippen LogP contribution in [0.3, 0.4) is 0 Å². The van der Waals surface area contributed by atoms with Gasteiger partial charge in [-0.15, -0.1) is 0 Å². The number of hydrogen-bond donors (Lipinski definition) is 1. The van der Waals surface area contributed by atoms with Crippen molar-refractivity contribution in [1.82, 2.24) is 0 Å². The smallest absolute Gasteiger partial charge is 0.304 e. The highest BCUT2D eigenvalue weighted by Gasteiger charge is 2.29. The van der Waals surface area contributed by atoms with Crippen molar-refractivity contribution in [3.63, 3.8) is 0 Å². The number of carboxylic acids is 1. The predicted octanol–water partition coefficient (Wildman–Crippen LogP) is 2.26. The molecule has 0 radical (unpaired) electrons. The molecular weight excluding hydrogens is 208 g/mol. The van der Waals surface area contributed by atoms with E-state index in [4.69, 9.17) is 14.3 Å². The molecule has 4 nitrogen and oxygen atoms in total. The molecule has 1 aromatic rings. The summed E-state index contributed by atoms with van der Waals surface area (Å²) in [6.07, 6.45) is 3.57. The fraction of sp³-hybridized carbons (Fsp3) is 0.583. The summed E-state index contributed by atoms with van der Waals surface area (Å²) in [5, 5.41) is 8.94. The van der Waals surface area contributed by atoms with Crippen molar-refractivity contribution >= 4 is 5.97 Å². The lowest BCUT2D eigenvalue weighted by Gasteiger charge is -2.28. The highest BCUT2D eigenvalue weighted by Crippen LogP contribution is 2.34. The topological polar surface area (TPSA) is 59.7 Å². The lowest BCUT2D eigenvalue weighted by molar-refractivity contribution is -0.138. The van der Waals surface area contributed by atoms with Crippen LogP contribution < -0.4 is 0 Å². The summed E-state index contributed by atoms with van der Waals surface area (Å²) in [5.74, 6) is 0.356. The van der Waals surface area contributed by atoms with Gasteiger partial charge in [0, 0.05) is 19.1 Å². The van der Waals surface area contributed by atoms with Gasteiger partial charge in [-0.1, -0.05) is 0 Å². The number of rotatable bonds is 4. The molecule has 0 bridgehead atoms. The molecule has 1 N–H and O–H groups in total. The Morgan fingerprint density at radius 2 is 2.25 bits per heavy atom. The highest BCUT2D eigenvalue weighted by molar-refractivity contribution is 5.67. The largest absolute Gasteiger partial charge is 0.481 e. The predicted molar refractivity (Wildman–Crippen MR) is 57.2 cm³/mol. The van der Waals surface area contributed by atoms with Gasteiger partial charge in [0.05, 0.1) is 12.7 Å². The lowest BCUT2D eigenvalue weighted by Crippen LogP contribution is -2.23. The zero-order valence-corrected chi connectivity index (χ0v) is 9.09. The Morgan fingerprint density at radius 1 is 1.50 bits per heavy atom. The van der Waals surface area contributed by atoms with Crippen molar-refractivity contribution < 1.29 is 19.1 Å². The minimum atomic E-state index is -0.770. The van der Waals surface area contributed by atoms with E-state index in [2.05, 4.69) is 0 Å². The molecule has 0 aromatic carbocycles. The lowest BCUT2D eigenvalue weighted by atomic mass is 9.82. The summed E-state index contributed by atoms with van der Waals surface area (Å²) >= 11 is 0. The van der Waals surface area contributed by atoms with Gasteiger partial charge in [-0.05, 0) is 30.9 Å². The minimum Gasteiger partial charge on any atom is -0.481 e. The summed E-state index contributed by atoms with van der Waals surface area (Å²) in [7, 11) is 0. The van der Waals surface area contributed by atoms with E-state index < -0.39 is 5.97 Å². The highest BCUT2D eigenvalue weighted by atomic mass is 16.5. The molecule has 1 saturated heterocycles. The Labute approximate surface area is 94.2 Å². The zero-order chi connectivity index (χ0) is 11.4. The average Bonchev–Trinajstić information content (AvgIpc) is 2.80. The Morgan fingerprint density at radius 3 is 2.81 bits per heavy atom. The maximum absolute atomic E-state index is 10.9. The number of ether oxygens (including phenoxy) is 1. The van der Waals surface area contributed by atoms with Crippen molar-refractivity contribution in [1.29, 1.82) is 0 Å². The maximum atomic E-state index is 10.9. The van der Waals surface area contributed by atoms with E-state index in [1.165, 1.54) is 0 Å². The van der Waals surface area contributed by atoms with E-state index in [1.54, 1.807) is 6.26 Å². The first-order chi connectivity index (χ1) is 7.77. The first kappa shape index (κ1) is 11.2. The fourth-order valence-electron chi connectivity index (χ4n) is 2.31. The third-order valence-corrected chi connectivity index (χ3v) is 3.14. The van der Waals surface area contributed by atoms with Crippen LogP contribution >= 0.6 is 0 Å². The molecule has 1 unspecified atom stereocenters. The molecule has 1 atom stereocenters. The van der Waals surface area contributed by atoms with Crippen LogP contribution in [-0.2, 0) is 9.53 Å². The summed E-state index contributed by atoms with van der Waals surface area (Å²) in [6.45, 7) is 1.45. The third kappa shape index (κ3) is 2.64. The van der Waals surface area contributed by atoms with Crippen LogP contribution in [0.4, 0.5) is 0 Å². The average molecular weight is 224 g/mol. The van der Waals surface area contributed by atoms with E-state index in [-0.39, 0.29) is 12.3 Å². The number of carboxylic acid groups (broad SMARTS) is 1. The molecule has 0 amide bonds. The van der Waals surface area contributed by atoms with Gasteiger partial charge in [0.25, 0.3) is 0 Å². The summed E-state index contributed by atoms with van der Waals surface area (Å²) in [4.78, 5) is 10.9. The van der Waals surface area contributed by atoms with E-state index in [0.29, 0.717) is 5.92 Å². The molecule has 0 aliphatic carbocycles. The molecule has 4 heteroatoms. The van der Waals surface area contributed by atoms with Crippen LogP contribution in [0.5, 0.6) is 0 Å². The van der Waals surface area contributed by atoms with Crippen LogP contribution in [0.1, 0.15) is 30.9 Å². The van der Waals surface area contributed by atoms with Gasteiger partial charge in [0.1, 0.15) is 5.76 Å². The second kappa shape index (κ2) is 5.16. The molecule has 0 saturated carbocycles. The number of furan rings is 1. The second-order valence-corrected chi connectivity index (χ2v) is 4.17. The normalized spacial score (nSPS) is 19.5. The SMILES string of the molecule is O=C(O)CC(c1ccco1)C1CCOCC1. The van der Waals surface area contributed by atoms with Gasteiger partial charge < -0.3 is 14.3 Å². The molecule has 1 fully saturated rings. The Kier molecular flexibility index (Phi) is 3.62. The van der Waals surface area contributed by atoms with Crippen LogP contribution in [0, 0.1) is 5.92 Å². The Hall–Kier alpha value is -1.29.